The summed E-state index contributed by atoms with van der Waals surface area (Å²) < 4.78 is 17.4. The molecule has 0 spiro atoms. The van der Waals surface area contributed by atoms with Crippen LogP contribution in [-0.4, -0.2) is 20.8 Å². The first-order valence-corrected chi connectivity index (χ1v) is 9.24. The molecule has 3 rings (SSSR count). The number of hydrogen-bond acceptors (Lipinski definition) is 5. The van der Waals surface area contributed by atoms with Crippen LogP contribution in [-0.2, 0) is 21.8 Å². The van der Waals surface area contributed by atoms with Crippen LogP contribution in [0.25, 0.3) is 10.9 Å². The van der Waals surface area contributed by atoms with Crippen molar-refractivity contribution in [1.29, 1.82) is 0 Å². The summed E-state index contributed by atoms with van der Waals surface area (Å²) in [5, 5.41) is 11.2. The van der Waals surface area contributed by atoms with E-state index in [1.807, 2.05) is 18.2 Å². The number of fused-ring (bicyclic) bond motifs is 1. The molecule has 0 aliphatic carbocycles. The zero-order valence-corrected chi connectivity index (χ0v) is 14.9. The van der Waals surface area contributed by atoms with Crippen molar-refractivity contribution in [3.8, 4) is 5.75 Å². The zero-order chi connectivity index (χ0) is 17.6. The SMILES string of the molecule is O=S(ONCCCc1ccccc1)c1cc(Cl)c2cccnc2c1O. The first kappa shape index (κ1) is 17.8. The van der Waals surface area contributed by atoms with Crippen molar-refractivity contribution in [3.05, 3.63) is 65.3 Å². The molecule has 2 N–H and O–H groups in total. The number of aryl methyl sites for hydroxylation is 1. The van der Waals surface area contributed by atoms with E-state index in [-0.39, 0.29) is 10.6 Å². The molecule has 2 aromatic carbocycles. The molecule has 1 aromatic heterocycles. The Kier molecular flexibility index (Phi) is 5.99. The van der Waals surface area contributed by atoms with Gasteiger partial charge in [0, 0.05) is 18.1 Å². The standard InChI is InChI=1S/C18H17ClN2O3S/c19-15-12-16(18(22)17-14(15)9-5-10-20-17)25(23)24-21-11-4-8-13-6-2-1-3-7-13/h1-3,5-7,9-10,12,21-22H,4,8,11H2. The Morgan fingerprint density at radius 1 is 1.20 bits per heavy atom. The lowest BCUT2D eigenvalue weighted by molar-refractivity contribution is 0.219. The molecule has 0 aliphatic heterocycles. The fourth-order valence-electron chi connectivity index (χ4n) is 2.44. The number of nitrogens with one attached hydrogen (secondary N) is 1. The van der Waals surface area contributed by atoms with Crippen molar-refractivity contribution < 1.29 is 13.6 Å². The number of phenolic OH excluding ortho intramolecular Hbond substituents is 1. The molecule has 0 amide bonds. The first-order valence-electron chi connectivity index (χ1n) is 7.79. The normalized spacial score (nSPS) is 12.4. The number of hydroxylamine groups is 1. The summed E-state index contributed by atoms with van der Waals surface area (Å²) in [6.07, 6.45) is 3.25. The van der Waals surface area contributed by atoms with E-state index in [0.717, 1.165) is 12.8 Å². The maximum Gasteiger partial charge on any atom is 0.210 e. The number of nitrogens with zero attached hydrogens (tertiary/aromatic N) is 1. The van der Waals surface area contributed by atoms with Gasteiger partial charge in [0.1, 0.15) is 10.4 Å². The highest BCUT2D eigenvalue weighted by Gasteiger charge is 2.17. The molecule has 1 atom stereocenters. The monoisotopic (exact) mass is 376 g/mol. The molecule has 130 valence electrons. The number of halogens is 1. The highest BCUT2D eigenvalue weighted by Crippen LogP contribution is 2.34. The fourth-order valence-corrected chi connectivity index (χ4v) is 3.52. The van der Waals surface area contributed by atoms with Crippen LogP contribution in [0.15, 0.2) is 59.6 Å². The lowest BCUT2D eigenvalue weighted by Crippen LogP contribution is -2.18. The van der Waals surface area contributed by atoms with Gasteiger partial charge in [-0.25, -0.2) is 4.21 Å². The second kappa shape index (κ2) is 8.40. The second-order valence-corrected chi connectivity index (χ2v) is 6.89. The molecule has 0 bridgehead atoms. The summed E-state index contributed by atoms with van der Waals surface area (Å²) in [6, 6.07) is 15.0. The number of phenols is 1. The number of aromatic nitrogens is 1. The number of benzene rings is 2. The van der Waals surface area contributed by atoms with E-state index in [2.05, 4.69) is 22.6 Å². The summed E-state index contributed by atoms with van der Waals surface area (Å²) >= 11 is 4.27. The highest BCUT2D eigenvalue weighted by molar-refractivity contribution is 7.80. The highest BCUT2D eigenvalue weighted by atomic mass is 35.5. The molecule has 25 heavy (non-hydrogen) atoms. The van der Waals surface area contributed by atoms with Gasteiger partial charge in [-0.2, -0.15) is 9.76 Å². The molecule has 0 radical (unpaired) electrons. The van der Waals surface area contributed by atoms with Gasteiger partial charge in [0.15, 0.2) is 5.75 Å². The van der Waals surface area contributed by atoms with Gasteiger partial charge in [0.05, 0.1) is 5.02 Å². The number of hydrogen-bond donors (Lipinski definition) is 2. The third-order valence-electron chi connectivity index (χ3n) is 3.68. The molecular weight excluding hydrogens is 360 g/mol. The van der Waals surface area contributed by atoms with Gasteiger partial charge in [-0.3, -0.25) is 4.98 Å². The van der Waals surface area contributed by atoms with Gasteiger partial charge in [-0.05, 0) is 36.6 Å². The molecule has 1 unspecified atom stereocenters. The molecule has 0 saturated heterocycles. The van der Waals surface area contributed by atoms with Crippen LogP contribution < -0.4 is 5.48 Å². The average molecular weight is 377 g/mol. The Morgan fingerprint density at radius 3 is 2.80 bits per heavy atom. The summed E-state index contributed by atoms with van der Waals surface area (Å²) in [5.74, 6) is -0.190. The van der Waals surface area contributed by atoms with Crippen LogP contribution in [0.2, 0.25) is 5.02 Å². The van der Waals surface area contributed by atoms with Crippen LogP contribution in [0.4, 0.5) is 0 Å². The van der Waals surface area contributed by atoms with Crippen molar-refractivity contribution in [2.24, 2.45) is 0 Å². The second-order valence-electron chi connectivity index (χ2n) is 5.41. The molecule has 0 fully saturated rings. The van der Waals surface area contributed by atoms with Crippen LogP contribution in [0, 0.1) is 0 Å². The van der Waals surface area contributed by atoms with Gasteiger partial charge >= 0.3 is 0 Å². The minimum absolute atomic E-state index is 0.0896. The fraction of sp³-hybridized carbons (Fsp3) is 0.167. The predicted octanol–water partition coefficient (Wildman–Crippen LogP) is 3.77. The Bertz CT molecular complexity index is 890. The van der Waals surface area contributed by atoms with Crippen LogP contribution >= 0.6 is 11.6 Å². The minimum atomic E-state index is -1.89. The lowest BCUT2D eigenvalue weighted by atomic mass is 10.1. The lowest BCUT2D eigenvalue weighted by Gasteiger charge is -2.09. The number of aromatic hydroxyl groups is 1. The molecule has 0 saturated carbocycles. The van der Waals surface area contributed by atoms with Crippen molar-refractivity contribution in [2.75, 3.05) is 6.54 Å². The van der Waals surface area contributed by atoms with E-state index < -0.39 is 11.1 Å². The third-order valence-corrected chi connectivity index (χ3v) is 4.93. The van der Waals surface area contributed by atoms with E-state index in [0.29, 0.717) is 22.5 Å². The molecule has 0 aliphatic rings. The topological polar surface area (TPSA) is 71.5 Å². The molecule has 7 heteroatoms. The molecular formula is C18H17ClN2O3S. The van der Waals surface area contributed by atoms with Crippen LogP contribution in [0.1, 0.15) is 12.0 Å². The summed E-state index contributed by atoms with van der Waals surface area (Å²) in [4.78, 5) is 4.17. The van der Waals surface area contributed by atoms with Gasteiger partial charge in [0.25, 0.3) is 0 Å². The molecule has 5 nitrogen and oxygen atoms in total. The quantitative estimate of drug-likeness (QED) is 0.485. The van der Waals surface area contributed by atoms with Crippen LogP contribution in [0.5, 0.6) is 5.75 Å². The molecule has 3 aromatic rings. The van der Waals surface area contributed by atoms with Gasteiger partial charge in [-0.1, -0.05) is 41.9 Å². The van der Waals surface area contributed by atoms with E-state index in [1.54, 1.807) is 12.1 Å². The summed E-state index contributed by atoms with van der Waals surface area (Å²) in [7, 11) is 0. The van der Waals surface area contributed by atoms with Gasteiger partial charge < -0.3 is 5.11 Å². The van der Waals surface area contributed by atoms with Gasteiger partial charge in [-0.15, -0.1) is 0 Å². The van der Waals surface area contributed by atoms with Gasteiger partial charge in [0.2, 0.25) is 11.1 Å². The van der Waals surface area contributed by atoms with Crippen molar-refractivity contribution in [1.82, 2.24) is 10.5 Å². The van der Waals surface area contributed by atoms with Crippen molar-refractivity contribution in [3.63, 3.8) is 0 Å². The summed E-state index contributed by atoms with van der Waals surface area (Å²) in [6.45, 7) is 0.529. The van der Waals surface area contributed by atoms with E-state index >= 15 is 0 Å². The maximum atomic E-state index is 12.3. The van der Waals surface area contributed by atoms with E-state index in [1.165, 1.54) is 17.8 Å². The maximum absolute atomic E-state index is 12.3. The Balaban J connectivity index is 1.58. The summed E-state index contributed by atoms with van der Waals surface area (Å²) in [5.41, 5.74) is 4.20. The van der Waals surface area contributed by atoms with E-state index in [4.69, 9.17) is 15.9 Å². The minimum Gasteiger partial charge on any atom is -0.504 e. The smallest absolute Gasteiger partial charge is 0.210 e. The average Bonchev–Trinajstić information content (AvgIpc) is 2.65. The Hall–Kier alpha value is -1.99. The predicted molar refractivity (Wildman–Crippen MR) is 98.7 cm³/mol. The number of pyridine rings is 1. The number of rotatable bonds is 7. The largest absolute Gasteiger partial charge is 0.504 e. The zero-order valence-electron chi connectivity index (χ0n) is 13.3. The van der Waals surface area contributed by atoms with Crippen molar-refractivity contribution in [2.45, 2.75) is 17.7 Å². The molecule has 1 heterocycles. The first-order chi connectivity index (χ1) is 12.2. The van der Waals surface area contributed by atoms with Crippen molar-refractivity contribution >= 4 is 33.6 Å². The Morgan fingerprint density at radius 2 is 2.00 bits per heavy atom. The van der Waals surface area contributed by atoms with E-state index in [9.17, 15) is 9.32 Å². The third kappa shape index (κ3) is 4.35. The van der Waals surface area contributed by atoms with Crippen LogP contribution in [0.3, 0.4) is 0 Å². The Labute approximate surface area is 153 Å².